The van der Waals surface area contributed by atoms with Crippen LogP contribution in [0.25, 0.3) is 11.0 Å². The zero-order chi connectivity index (χ0) is 15.0. The van der Waals surface area contributed by atoms with Crippen LogP contribution in [-0.4, -0.2) is 9.78 Å². The molecule has 3 aromatic rings. The third-order valence-electron chi connectivity index (χ3n) is 3.87. The van der Waals surface area contributed by atoms with E-state index in [1.54, 1.807) is 0 Å². The maximum atomic E-state index is 6.31. The first-order valence-electron chi connectivity index (χ1n) is 7.34. The molecule has 0 aliphatic carbocycles. The molecule has 2 heterocycles. The van der Waals surface area contributed by atoms with Crippen LogP contribution in [0.15, 0.2) is 34.7 Å². The van der Waals surface area contributed by atoms with Crippen molar-refractivity contribution >= 4 is 11.0 Å². The fourth-order valence-corrected chi connectivity index (χ4v) is 2.63. The largest absolute Gasteiger partial charge is 0.459 e. The van der Waals surface area contributed by atoms with Gasteiger partial charge in [-0.2, -0.15) is 5.10 Å². The van der Waals surface area contributed by atoms with Crippen molar-refractivity contribution in [1.82, 2.24) is 9.78 Å². The molecule has 110 valence electrons. The number of hydrogen-bond donors (Lipinski definition) is 1. The molecule has 1 unspecified atom stereocenters. The maximum Gasteiger partial charge on any atom is 0.134 e. The van der Waals surface area contributed by atoms with Gasteiger partial charge < -0.3 is 10.2 Å². The average molecular weight is 283 g/mol. The minimum Gasteiger partial charge on any atom is -0.459 e. The van der Waals surface area contributed by atoms with Gasteiger partial charge in [-0.25, -0.2) is 0 Å². The summed E-state index contributed by atoms with van der Waals surface area (Å²) >= 11 is 0. The first-order chi connectivity index (χ1) is 10.1. The molecule has 0 fully saturated rings. The minimum atomic E-state index is -0.155. The van der Waals surface area contributed by atoms with Crippen molar-refractivity contribution in [3.05, 3.63) is 53.0 Å². The molecule has 0 spiro atoms. The van der Waals surface area contributed by atoms with Crippen LogP contribution in [-0.2, 0) is 19.9 Å². The molecule has 0 amide bonds. The molecule has 0 aliphatic heterocycles. The van der Waals surface area contributed by atoms with Gasteiger partial charge in [0.05, 0.1) is 11.7 Å². The average Bonchev–Trinajstić information content (AvgIpc) is 3.02. The number of fused-ring (bicyclic) bond motifs is 1. The van der Waals surface area contributed by atoms with Gasteiger partial charge in [0.25, 0.3) is 0 Å². The Morgan fingerprint density at radius 3 is 2.81 bits per heavy atom. The molecule has 0 saturated heterocycles. The number of hydrogen-bond acceptors (Lipinski definition) is 3. The van der Waals surface area contributed by atoms with E-state index in [1.807, 2.05) is 23.9 Å². The lowest BCUT2D eigenvalue weighted by Crippen LogP contribution is -2.14. The summed E-state index contributed by atoms with van der Waals surface area (Å²) in [4.78, 5) is 0. The molecule has 3 rings (SSSR count). The summed E-state index contributed by atoms with van der Waals surface area (Å²) in [5.41, 5.74) is 10.7. The summed E-state index contributed by atoms with van der Waals surface area (Å²) in [6.45, 7) is 4.18. The summed E-state index contributed by atoms with van der Waals surface area (Å²) in [5.74, 6) is 0.829. The van der Waals surface area contributed by atoms with Crippen LogP contribution in [0, 0.1) is 6.92 Å². The number of rotatable bonds is 4. The number of furan rings is 1. The monoisotopic (exact) mass is 283 g/mol. The molecule has 0 bridgehead atoms. The predicted octanol–water partition coefficient (Wildman–Crippen LogP) is 3.28. The summed E-state index contributed by atoms with van der Waals surface area (Å²) in [7, 11) is 1.96. The Morgan fingerprint density at radius 2 is 2.10 bits per heavy atom. The topological polar surface area (TPSA) is 57.0 Å². The second-order valence-electron chi connectivity index (χ2n) is 5.60. The number of aryl methyl sites for hydroxylation is 3. The normalized spacial score (nSPS) is 13.0. The first kappa shape index (κ1) is 13.9. The van der Waals surface area contributed by atoms with Crippen LogP contribution < -0.4 is 5.73 Å². The lowest BCUT2D eigenvalue weighted by Gasteiger charge is -2.08. The van der Waals surface area contributed by atoms with Gasteiger partial charge >= 0.3 is 0 Å². The maximum absolute atomic E-state index is 6.31. The van der Waals surface area contributed by atoms with Crippen molar-refractivity contribution in [2.75, 3.05) is 0 Å². The highest BCUT2D eigenvalue weighted by Crippen LogP contribution is 2.25. The van der Waals surface area contributed by atoms with Gasteiger partial charge in [-0.15, -0.1) is 0 Å². The highest BCUT2D eigenvalue weighted by Gasteiger charge is 2.15. The zero-order valence-corrected chi connectivity index (χ0v) is 12.8. The number of benzene rings is 1. The number of aromatic nitrogens is 2. The lowest BCUT2D eigenvalue weighted by atomic mass is 10.1. The van der Waals surface area contributed by atoms with Crippen LogP contribution in [0.5, 0.6) is 0 Å². The summed E-state index contributed by atoms with van der Waals surface area (Å²) < 4.78 is 7.78. The van der Waals surface area contributed by atoms with Gasteiger partial charge in [0.2, 0.25) is 0 Å². The summed E-state index contributed by atoms with van der Waals surface area (Å²) in [5, 5.41) is 5.57. The molecular weight excluding hydrogens is 262 g/mol. The number of nitrogens with zero attached hydrogens (tertiary/aromatic N) is 2. The fraction of sp³-hybridized carbons (Fsp3) is 0.353. The Labute approximate surface area is 124 Å². The van der Waals surface area contributed by atoms with Crippen molar-refractivity contribution in [2.24, 2.45) is 12.8 Å². The fourth-order valence-electron chi connectivity index (χ4n) is 2.63. The van der Waals surface area contributed by atoms with E-state index in [2.05, 4.69) is 37.1 Å². The molecular formula is C17H21N3O. The molecule has 1 atom stereocenters. The molecule has 0 aliphatic rings. The van der Waals surface area contributed by atoms with Crippen LogP contribution >= 0.6 is 0 Å². The van der Waals surface area contributed by atoms with E-state index in [4.69, 9.17) is 10.2 Å². The van der Waals surface area contributed by atoms with Crippen molar-refractivity contribution in [2.45, 2.75) is 32.7 Å². The molecule has 1 aromatic carbocycles. The van der Waals surface area contributed by atoms with E-state index >= 15 is 0 Å². The van der Waals surface area contributed by atoms with E-state index < -0.39 is 0 Å². The van der Waals surface area contributed by atoms with Gasteiger partial charge in [0.1, 0.15) is 11.3 Å². The Morgan fingerprint density at radius 1 is 1.29 bits per heavy atom. The third-order valence-corrected chi connectivity index (χ3v) is 3.87. The Balaban J connectivity index is 1.85. The molecule has 2 N–H and O–H groups in total. The van der Waals surface area contributed by atoms with Crippen molar-refractivity contribution < 1.29 is 4.42 Å². The van der Waals surface area contributed by atoms with Crippen LogP contribution in [0.4, 0.5) is 0 Å². The molecule has 0 radical (unpaired) electrons. The van der Waals surface area contributed by atoms with Crippen LogP contribution in [0.1, 0.15) is 35.7 Å². The van der Waals surface area contributed by atoms with Crippen molar-refractivity contribution in [1.29, 1.82) is 0 Å². The predicted molar refractivity (Wildman–Crippen MR) is 84.2 cm³/mol. The van der Waals surface area contributed by atoms with Crippen LogP contribution in [0.3, 0.4) is 0 Å². The quantitative estimate of drug-likeness (QED) is 0.799. The molecule has 21 heavy (non-hydrogen) atoms. The Hall–Kier alpha value is -2.07. The number of nitrogens with two attached hydrogens (primary N) is 1. The standard InChI is InChI=1S/C17H21N3O/c1-4-13-9-14(20(3)19-13)10-15(18)17-8-12-7-11(2)5-6-16(12)21-17/h5-9,15H,4,10,18H2,1-3H3. The van der Waals surface area contributed by atoms with E-state index in [9.17, 15) is 0 Å². The van der Waals surface area contributed by atoms with Gasteiger partial charge in [0, 0.05) is 24.5 Å². The second-order valence-corrected chi connectivity index (χ2v) is 5.60. The summed E-state index contributed by atoms with van der Waals surface area (Å²) in [6.07, 6.45) is 1.66. The highest BCUT2D eigenvalue weighted by atomic mass is 16.3. The lowest BCUT2D eigenvalue weighted by molar-refractivity contribution is 0.486. The molecule has 2 aromatic heterocycles. The minimum absolute atomic E-state index is 0.155. The van der Waals surface area contributed by atoms with Gasteiger partial charge in [0.15, 0.2) is 0 Å². The van der Waals surface area contributed by atoms with Crippen LogP contribution in [0.2, 0.25) is 0 Å². The second kappa shape index (κ2) is 5.37. The first-order valence-corrected chi connectivity index (χ1v) is 7.34. The molecule has 4 nitrogen and oxygen atoms in total. The SMILES string of the molecule is CCc1cc(CC(N)c2cc3cc(C)ccc3o2)n(C)n1. The van der Waals surface area contributed by atoms with E-state index in [0.29, 0.717) is 0 Å². The Bertz CT molecular complexity index is 770. The van der Waals surface area contributed by atoms with Gasteiger partial charge in [-0.3, -0.25) is 4.68 Å². The molecule has 4 heteroatoms. The van der Waals surface area contributed by atoms with Gasteiger partial charge in [-0.1, -0.05) is 18.6 Å². The van der Waals surface area contributed by atoms with E-state index in [0.717, 1.165) is 41.0 Å². The van der Waals surface area contributed by atoms with E-state index in [-0.39, 0.29) is 6.04 Å². The summed E-state index contributed by atoms with van der Waals surface area (Å²) in [6, 6.07) is 10.2. The van der Waals surface area contributed by atoms with Crippen molar-refractivity contribution in [3.63, 3.8) is 0 Å². The van der Waals surface area contributed by atoms with Gasteiger partial charge in [-0.05, 0) is 37.6 Å². The van der Waals surface area contributed by atoms with Crippen molar-refractivity contribution in [3.8, 4) is 0 Å². The highest BCUT2D eigenvalue weighted by molar-refractivity contribution is 5.78. The Kier molecular flexibility index (Phi) is 3.55. The third kappa shape index (κ3) is 2.72. The van der Waals surface area contributed by atoms with E-state index in [1.165, 1.54) is 5.56 Å². The zero-order valence-electron chi connectivity index (χ0n) is 12.8. The smallest absolute Gasteiger partial charge is 0.134 e. The molecule has 0 saturated carbocycles.